The van der Waals surface area contributed by atoms with Crippen LogP contribution in [0.3, 0.4) is 0 Å². The molecule has 0 atom stereocenters. The van der Waals surface area contributed by atoms with Gasteiger partial charge in [-0.05, 0) is 42.8 Å². The molecule has 2 aromatic carbocycles. The van der Waals surface area contributed by atoms with E-state index in [1.54, 1.807) is 0 Å². The van der Waals surface area contributed by atoms with E-state index in [1.807, 2.05) is 31.2 Å². The Morgan fingerprint density at radius 3 is 2.35 bits per heavy atom. The topological polar surface area (TPSA) is 26.0 Å². The van der Waals surface area contributed by atoms with Crippen LogP contribution in [0.4, 0.5) is 13.2 Å². The van der Waals surface area contributed by atoms with Crippen molar-refractivity contribution in [2.75, 3.05) is 0 Å². The third-order valence-electron chi connectivity index (χ3n) is 2.83. The number of hydrogen-bond acceptors (Lipinski definition) is 2. The van der Waals surface area contributed by atoms with Crippen LogP contribution in [0, 0.1) is 6.92 Å². The lowest BCUT2D eigenvalue weighted by molar-refractivity contribution is -0.138. The highest BCUT2D eigenvalue weighted by Crippen LogP contribution is 2.35. The van der Waals surface area contributed by atoms with Crippen molar-refractivity contribution in [3.05, 3.63) is 59.2 Å². The van der Waals surface area contributed by atoms with Gasteiger partial charge in [-0.25, -0.2) is 0 Å². The lowest BCUT2D eigenvalue weighted by Crippen LogP contribution is -2.11. The van der Waals surface area contributed by atoms with E-state index < -0.39 is 11.7 Å². The molecule has 0 aliphatic heterocycles. The van der Waals surface area contributed by atoms with Gasteiger partial charge in [-0.2, -0.15) is 13.2 Å². The van der Waals surface area contributed by atoms with Crippen LogP contribution in [-0.4, -0.2) is 0 Å². The van der Waals surface area contributed by atoms with Crippen LogP contribution in [0.15, 0.2) is 52.3 Å². The van der Waals surface area contributed by atoms with E-state index in [1.165, 1.54) is 23.9 Å². The highest BCUT2D eigenvalue weighted by molar-refractivity contribution is 7.99. The lowest BCUT2D eigenvalue weighted by atomic mass is 10.1. The maximum Gasteiger partial charge on any atom is 0.416 e. The average molecular weight is 297 g/mol. The van der Waals surface area contributed by atoms with Crippen molar-refractivity contribution >= 4 is 11.8 Å². The third kappa shape index (κ3) is 3.55. The molecule has 0 spiro atoms. The van der Waals surface area contributed by atoms with Crippen LogP contribution < -0.4 is 5.73 Å². The summed E-state index contributed by atoms with van der Waals surface area (Å²) in [4.78, 5) is 1.75. The van der Waals surface area contributed by atoms with Crippen LogP contribution in [0.25, 0.3) is 0 Å². The van der Waals surface area contributed by atoms with Gasteiger partial charge in [0.05, 0.1) is 5.56 Å². The molecule has 0 saturated heterocycles. The fourth-order valence-corrected chi connectivity index (χ4v) is 2.89. The van der Waals surface area contributed by atoms with Crippen molar-refractivity contribution in [2.24, 2.45) is 5.73 Å². The lowest BCUT2D eigenvalue weighted by Gasteiger charge is -2.13. The van der Waals surface area contributed by atoms with Crippen molar-refractivity contribution in [1.82, 2.24) is 0 Å². The monoisotopic (exact) mass is 297 g/mol. The Kier molecular flexibility index (Phi) is 4.40. The fourth-order valence-electron chi connectivity index (χ4n) is 1.89. The number of hydrogen-bond donors (Lipinski definition) is 1. The van der Waals surface area contributed by atoms with E-state index in [9.17, 15) is 13.2 Å². The highest BCUT2D eigenvalue weighted by Gasteiger charge is 2.32. The van der Waals surface area contributed by atoms with Gasteiger partial charge in [0.15, 0.2) is 0 Å². The van der Waals surface area contributed by atoms with Crippen molar-refractivity contribution in [2.45, 2.75) is 29.4 Å². The molecular weight excluding hydrogens is 283 g/mol. The number of halogens is 3. The molecule has 0 aromatic heterocycles. The number of aryl methyl sites for hydroxylation is 1. The first-order chi connectivity index (χ1) is 9.40. The first kappa shape index (κ1) is 14.9. The summed E-state index contributed by atoms with van der Waals surface area (Å²) in [7, 11) is 0. The first-order valence-corrected chi connectivity index (χ1v) is 6.86. The number of nitrogens with two attached hydrogens (primary N) is 1. The normalized spacial score (nSPS) is 11.7. The fraction of sp³-hybridized carbons (Fsp3) is 0.200. The van der Waals surface area contributed by atoms with Crippen molar-refractivity contribution in [3.63, 3.8) is 0 Å². The molecule has 0 saturated carbocycles. The van der Waals surface area contributed by atoms with Gasteiger partial charge < -0.3 is 5.73 Å². The summed E-state index contributed by atoms with van der Waals surface area (Å²) in [5.74, 6) is 0. The predicted octanol–water partition coefficient (Wildman–Crippen LogP) is 4.62. The molecule has 106 valence electrons. The summed E-state index contributed by atoms with van der Waals surface area (Å²) in [6.07, 6.45) is -4.36. The van der Waals surface area contributed by atoms with Gasteiger partial charge in [-0.3, -0.25) is 0 Å². The van der Waals surface area contributed by atoms with Gasteiger partial charge in [0, 0.05) is 16.3 Å². The summed E-state index contributed by atoms with van der Waals surface area (Å²) in [5.41, 5.74) is 6.00. The van der Waals surface area contributed by atoms with E-state index in [2.05, 4.69) is 0 Å². The van der Waals surface area contributed by atoms with Crippen molar-refractivity contribution in [3.8, 4) is 0 Å². The van der Waals surface area contributed by atoms with E-state index in [4.69, 9.17) is 5.73 Å². The Morgan fingerprint density at radius 1 is 1.05 bits per heavy atom. The average Bonchev–Trinajstić information content (AvgIpc) is 2.37. The van der Waals surface area contributed by atoms with Crippen LogP contribution in [0.5, 0.6) is 0 Å². The van der Waals surface area contributed by atoms with Gasteiger partial charge in [0.25, 0.3) is 0 Å². The number of alkyl halides is 3. The molecule has 0 bridgehead atoms. The number of rotatable bonds is 3. The first-order valence-electron chi connectivity index (χ1n) is 6.05. The molecular formula is C15H14F3NS. The maximum absolute atomic E-state index is 12.8. The molecule has 0 radical (unpaired) electrons. The molecule has 0 heterocycles. The quantitative estimate of drug-likeness (QED) is 0.894. The zero-order chi connectivity index (χ0) is 14.8. The molecule has 1 nitrogen and oxygen atoms in total. The van der Waals surface area contributed by atoms with E-state index in [0.717, 1.165) is 21.4 Å². The molecule has 0 fully saturated rings. The molecule has 0 aliphatic carbocycles. The summed E-state index contributed by atoms with van der Waals surface area (Å²) < 4.78 is 38.4. The van der Waals surface area contributed by atoms with Gasteiger partial charge in [0.1, 0.15) is 0 Å². The van der Waals surface area contributed by atoms with Crippen LogP contribution in [0.2, 0.25) is 0 Å². The Hall–Kier alpha value is -1.46. The Labute approximate surface area is 120 Å². The van der Waals surface area contributed by atoms with Crippen LogP contribution >= 0.6 is 11.8 Å². The molecule has 2 aromatic rings. The summed E-state index contributed by atoms with van der Waals surface area (Å²) in [6, 6.07) is 11.9. The summed E-state index contributed by atoms with van der Waals surface area (Å²) in [6.45, 7) is 1.85. The summed E-state index contributed by atoms with van der Waals surface area (Å²) >= 11 is 1.43. The van der Waals surface area contributed by atoms with Gasteiger partial charge in [-0.15, -0.1) is 0 Å². The second kappa shape index (κ2) is 5.89. The molecule has 2 N–H and O–H groups in total. The Morgan fingerprint density at radius 2 is 1.75 bits per heavy atom. The van der Waals surface area contributed by atoms with Gasteiger partial charge >= 0.3 is 6.18 Å². The third-order valence-corrected chi connectivity index (χ3v) is 3.81. The molecule has 0 amide bonds. The van der Waals surface area contributed by atoms with Crippen LogP contribution in [0.1, 0.15) is 16.7 Å². The minimum absolute atomic E-state index is 0.121. The van der Waals surface area contributed by atoms with Gasteiger partial charge in [0.2, 0.25) is 0 Å². The Bertz CT molecular complexity index is 608. The van der Waals surface area contributed by atoms with E-state index in [-0.39, 0.29) is 12.1 Å². The molecule has 5 heteroatoms. The molecule has 2 rings (SSSR count). The largest absolute Gasteiger partial charge is 0.416 e. The summed E-state index contributed by atoms with van der Waals surface area (Å²) in [5, 5.41) is 0. The minimum atomic E-state index is -4.36. The molecule has 0 unspecified atom stereocenters. The van der Waals surface area contributed by atoms with Crippen LogP contribution in [-0.2, 0) is 12.7 Å². The molecule has 0 aliphatic rings. The Balaban J connectivity index is 2.30. The smallest absolute Gasteiger partial charge is 0.326 e. The van der Waals surface area contributed by atoms with Crippen molar-refractivity contribution in [1.29, 1.82) is 0 Å². The second-order valence-electron chi connectivity index (χ2n) is 4.44. The maximum atomic E-state index is 12.8. The number of benzene rings is 2. The highest BCUT2D eigenvalue weighted by atomic mass is 32.2. The van der Waals surface area contributed by atoms with Crippen molar-refractivity contribution < 1.29 is 13.2 Å². The molecule has 20 heavy (non-hydrogen) atoms. The SMILES string of the molecule is Cc1cccc(Sc2ccc(C(F)(F)F)c(CN)c2)c1. The zero-order valence-corrected chi connectivity index (χ0v) is 11.7. The zero-order valence-electron chi connectivity index (χ0n) is 10.9. The predicted molar refractivity (Wildman–Crippen MR) is 74.6 cm³/mol. The van der Waals surface area contributed by atoms with E-state index in [0.29, 0.717) is 0 Å². The standard InChI is InChI=1S/C15H14F3NS/c1-10-3-2-4-12(7-10)20-13-5-6-14(15(16,17)18)11(8-13)9-19/h2-8H,9,19H2,1H3. The van der Waals surface area contributed by atoms with E-state index >= 15 is 0 Å². The van der Waals surface area contributed by atoms with Gasteiger partial charge in [-0.1, -0.05) is 29.5 Å². The minimum Gasteiger partial charge on any atom is -0.326 e. The second-order valence-corrected chi connectivity index (χ2v) is 5.59.